The molecule has 0 aliphatic carbocycles. The van der Waals surface area contributed by atoms with Crippen LogP contribution in [0.2, 0.25) is 0 Å². The maximum Gasteiger partial charge on any atom is 0.192 e. The highest BCUT2D eigenvalue weighted by molar-refractivity contribution is 5.79. The van der Waals surface area contributed by atoms with Crippen molar-refractivity contribution in [3.8, 4) is 17.6 Å². The minimum Gasteiger partial charge on any atom is -0.455 e. The first-order valence-electron chi connectivity index (χ1n) is 9.25. The lowest BCUT2D eigenvalue weighted by atomic mass is 10.2. The molecule has 2 aromatic rings. The molecular weight excluding hydrogens is 356 g/mol. The van der Waals surface area contributed by atoms with E-state index in [0.717, 1.165) is 11.4 Å². The fraction of sp³-hybridized carbons (Fsp3) is 0.429. The first-order chi connectivity index (χ1) is 13.6. The predicted molar refractivity (Wildman–Crippen MR) is 105 cm³/mol. The van der Waals surface area contributed by atoms with E-state index in [1.54, 1.807) is 12.1 Å². The van der Waals surface area contributed by atoms with Crippen molar-refractivity contribution in [1.82, 2.24) is 9.78 Å². The molecule has 0 aliphatic heterocycles. The Morgan fingerprint density at radius 3 is 2.71 bits per heavy atom. The minimum atomic E-state index is 0.0693. The molecule has 0 unspecified atom stereocenters. The summed E-state index contributed by atoms with van der Waals surface area (Å²) in [7, 11) is 1.51. The molecule has 2 rings (SSSR count). The Hall–Kier alpha value is -3.16. The van der Waals surface area contributed by atoms with Crippen LogP contribution < -0.4 is 4.74 Å². The standard InChI is InChI=1S/C21H24N4O3/c1-5-19-21(28-18-11-15(13-22)10-16(12-18)23-3)20(6-2)25(24-19)9-7-8-17(26)14-27-4/h10-12H,5-9,14H2,1-2,4H3. The van der Waals surface area contributed by atoms with Crippen molar-refractivity contribution in [2.75, 3.05) is 13.7 Å². The topological polar surface area (TPSA) is 81.5 Å². The lowest BCUT2D eigenvalue weighted by Crippen LogP contribution is -2.10. The summed E-state index contributed by atoms with van der Waals surface area (Å²) in [5.41, 5.74) is 2.48. The van der Waals surface area contributed by atoms with Gasteiger partial charge >= 0.3 is 0 Å². The van der Waals surface area contributed by atoms with E-state index < -0.39 is 0 Å². The second-order valence-electron chi connectivity index (χ2n) is 6.27. The summed E-state index contributed by atoms with van der Waals surface area (Å²) in [4.78, 5) is 15.0. The summed E-state index contributed by atoms with van der Waals surface area (Å²) >= 11 is 0. The number of ether oxygens (including phenoxy) is 2. The van der Waals surface area contributed by atoms with Crippen LogP contribution in [0, 0.1) is 17.9 Å². The molecule has 0 spiro atoms. The van der Waals surface area contributed by atoms with Gasteiger partial charge in [0.15, 0.2) is 17.2 Å². The van der Waals surface area contributed by atoms with Crippen LogP contribution >= 0.6 is 0 Å². The molecule has 1 heterocycles. The van der Waals surface area contributed by atoms with Gasteiger partial charge in [0.05, 0.1) is 18.3 Å². The van der Waals surface area contributed by atoms with E-state index in [9.17, 15) is 10.1 Å². The van der Waals surface area contributed by atoms with Crippen molar-refractivity contribution in [3.05, 3.63) is 46.6 Å². The molecule has 7 heteroatoms. The Morgan fingerprint density at radius 2 is 2.11 bits per heavy atom. The van der Waals surface area contributed by atoms with Crippen molar-refractivity contribution >= 4 is 11.5 Å². The number of hydrogen-bond acceptors (Lipinski definition) is 5. The molecule has 0 saturated carbocycles. The first-order valence-corrected chi connectivity index (χ1v) is 9.25. The zero-order chi connectivity index (χ0) is 20.5. The van der Waals surface area contributed by atoms with Gasteiger partial charge in [0.25, 0.3) is 0 Å². The number of aromatic nitrogens is 2. The normalized spacial score (nSPS) is 10.3. The highest BCUT2D eigenvalue weighted by Crippen LogP contribution is 2.33. The second kappa shape index (κ2) is 10.2. The van der Waals surface area contributed by atoms with E-state index >= 15 is 0 Å². The number of rotatable bonds is 10. The van der Waals surface area contributed by atoms with E-state index in [4.69, 9.17) is 16.0 Å². The Balaban J connectivity index is 2.27. The average molecular weight is 380 g/mol. The number of nitriles is 1. The van der Waals surface area contributed by atoms with Crippen LogP contribution in [-0.2, 0) is 28.9 Å². The number of aryl methyl sites for hydroxylation is 2. The summed E-state index contributed by atoms with van der Waals surface area (Å²) < 4.78 is 12.8. The summed E-state index contributed by atoms with van der Waals surface area (Å²) in [6, 6.07) is 6.82. The van der Waals surface area contributed by atoms with E-state index in [-0.39, 0.29) is 12.4 Å². The molecule has 0 radical (unpaired) electrons. The summed E-state index contributed by atoms with van der Waals surface area (Å²) in [5.74, 6) is 1.18. The van der Waals surface area contributed by atoms with Crippen molar-refractivity contribution in [2.45, 2.75) is 46.1 Å². The molecule has 1 aromatic heterocycles. The van der Waals surface area contributed by atoms with Gasteiger partial charge in [-0.25, -0.2) is 4.85 Å². The third kappa shape index (κ3) is 5.18. The molecule has 1 aromatic carbocycles. The van der Waals surface area contributed by atoms with E-state index in [1.165, 1.54) is 13.2 Å². The fourth-order valence-corrected chi connectivity index (χ4v) is 2.96. The molecule has 0 aliphatic rings. The van der Waals surface area contributed by atoms with Crippen LogP contribution in [0.25, 0.3) is 4.85 Å². The number of hydrogen-bond donors (Lipinski definition) is 0. The SMILES string of the molecule is [C-]#[N+]c1cc(C#N)cc(Oc2c(CC)nn(CCCC(=O)COC)c2CC)c1. The lowest BCUT2D eigenvalue weighted by Gasteiger charge is -2.10. The zero-order valence-electron chi connectivity index (χ0n) is 16.5. The quantitative estimate of drug-likeness (QED) is 0.577. The Labute approximate surface area is 165 Å². The Kier molecular flexibility index (Phi) is 7.74. The maximum absolute atomic E-state index is 11.6. The van der Waals surface area contributed by atoms with Crippen molar-refractivity contribution in [3.63, 3.8) is 0 Å². The second-order valence-corrected chi connectivity index (χ2v) is 6.27. The number of nitrogens with zero attached hydrogens (tertiary/aromatic N) is 4. The van der Waals surface area contributed by atoms with Crippen LogP contribution in [0.5, 0.6) is 11.5 Å². The molecular formula is C21H24N4O3. The van der Waals surface area contributed by atoms with Crippen LogP contribution in [-0.4, -0.2) is 29.3 Å². The van der Waals surface area contributed by atoms with Gasteiger partial charge in [0.1, 0.15) is 18.1 Å². The number of methoxy groups -OCH3 is 1. The van der Waals surface area contributed by atoms with E-state index in [2.05, 4.69) is 16.0 Å². The summed E-state index contributed by atoms with van der Waals surface area (Å²) in [6.07, 6.45) is 2.51. The highest BCUT2D eigenvalue weighted by Gasteiger charge is 2.18. The average Bonchev–Trinajstić information content (AvgIpc) is 3.04. The van der Waals surface area contributed by atoms with Crippen molar-refractivity contribution < 1.29 is 14.3 Å². The number of benzene rings is 1. The van der Waals surface area contributed by atoms with Gasteiger partial charge in [-0.3, -0.25) is 9.48 Å². The van der Waals surface area contributed by atoms with E-state index in [0.29, 0.717) is 55.0 Å². The number of carbonyl (C=O) groups is 1. The van der Waals surface area contributed by atoms with Crippen LogP contribution in [0.15, 0.2) is 18.2 Å². The summed E-state index contributed by atoms with van der Waals surface area (Å²) in [5, 5.41) is 13.8. The highest BCUT2D eigenvalue weighted by atomic mass is 16.5. The zero-order valence-corrected chi connectivity index (χ0v) is 16.5. The molecule has 0 bridgehead atoms. The Morgan fingerprint density at radius 1 is 1.32 bits per heavy atom. The largest absolute Gasteiger partial charge is 0.455 e. The third-order valence-corrected chi connectivity index (χ3v) is 4.25. The molecule has 0 fully saturated rings. The number of ketones is 1. The number of carbonyl (C=O) groups excluding carboxylic acids is 1. The molecule has 146 valence electrons. The van der Waals surface area contributed by atoms with Gasteiger partial charge in [0, 0.05) is 25.6 Å². The van der Waals surface area contributed by atoms with Gasteiger partial charge in [-0.15, -0.1) is 0 Å². The van der Waals surface area contributed by atoms with Crippen molar-refractivity contribution in [1.29, 1.82) is 5.26 Å². The van der Waals surface area contributed by atoms with Gasteiger partial charge in [-0.05, 0) is 37.5 Å². The predicted octanol–water partition coefficient (Wildman–Crippen LogP) is 4.22. The molecule has 0 amide bonds. The monoisotopic (exact) mass is 380 g/mol. The fourth-order valence-electron chi connectivity index (χ4n) is 2.96. The van der Waals surface area contributed by atoms with Gasteiger partial charge in [-0.2, -0.15) is 10.4 Å². The smallest absolute Gasteiger partial charge is 0.192 e. The van der Waals surface area contributed by atoms with E-state index in [1.807, 2.05) is 18.5 Å². The number of Topliss-reactive ketones (excluding diaryl/α,β-unsaturated/α-hetero) is 1. The summed E-state index contributed by atoms with van der Waals surface area (Å²) in [6.45, 7) is 12.0. The van der Waals surface area contributed by atoms with Gasteiger partial charge < -0.3 is 9.47 Å². The molecule has 7 nitrogen and oxygen atoms in total. The molecule has 0 saturated heterocycles. The van der Waals surface area contributed by atoms with Gasteiger partial charge in [0.2, 0.25) is 0 Å². The maximum atomic E-state index is 11.6. The molecule has 28 heavy (non-hydrogen) atoms. The minimum absolute atomic E-state index is 0.0693. The Bertz CT molecular complexity index is 887. The molecule has 0 atom stereocenters. The lowest BCUT2D eigenvalue weighted by molar-refractivity contribution is -0.122. The first kappa shape index (κ1) is 21.1. The van der Waals surface area contributed by atoms with Gasteiger partial charge in [-0.1, -0.05) is 13.8 Å². The van der Waals surface area contributed by atoms with Crippen LogP contribution in [0.3, 0.4) is 0 Å². The van der Waals surface area contributed by atoms with Crippen molar-refractivity contribution in [2.24, 2.45) is 0 Å². The molecule has 0 N–H and O–H groups in total. The van der Waals surface area contributed by atoms with Crippen LogP contribution in [0.1, 0.15) is 43.6 Å². The van der Waals surface area contributed by atoms with Crippen LogP contribution in [0.4, 0.5) is 5.69 Å². The third-order valence-electron chi connectivity index (χ3n) is 4.25.